The van der Waals surface area contributed by atoms with E-state index in [4.69, 9.17) is 69.4 Å². The molecular formula is C44H63N13O12. The summed E-state index contributed by atoms with van der Waals surface area (Å²) in [5, 5.41) is 12.2. The number of pyridine rings is 3. The van der Waals surface area contributed by atoms with Gasteiger partial charge in [-0.2, -0.15) is 5.06 Å². The first-order valence-corrected chi connectivity index (χ1v) is 21.9. The standard InChI is InChI=1S/C15H21N5O4.C15H20N4O4.C13H18N4O4.CH4/c1-19-6-15(7-21-2)12(22-3)11(24-19)14(23-15)20-8-18-10-9(16)4-5-17-13(10)20;1-8-15(6-20-2)12(21-3)11(22-8)14(23-15)19-7-18-10-9(16)4-5-17-13(10)19;1-19-5-8-11(20-2)10(18)13(21-8)17-6-16-9-7(14)3-4-15-12(9)17;/h4-5,8,11-12,14H,6-7H2,1-3H3,(H2,16,17);4-5,7-8,11-12,14H,6H2,1-3H3,(H2,16,17);3-4,6,8,10-11,13,18H,5H2,1-2H3,(H2,14,15);1H4/t11?,12?,14-,15-;8?,11?,12?,14-,15+;8-,10?,11?,13-;/m111./s1. The van der Waals surface area contributed by atoms with Gasteiger partial charge in [-0.3, -0.25) is 18.5 Å². The molecule has 25 heteroatoms. The smallest absolute Gasteiger partial charge is 0.168 e. The van der Waals surface area contributed by atoms with E-state index in [0.717, 1.165) is 0 Å². The van der Waals surface area contributed by atoms with Crippen LogP contribution < -0.4 is 17.2 Å². The fourth-order valence-electron chi connectivity index (χ4n) is 10.2. The molecule has 7 unspecified atom stereocenters. The highest BCUT2D eigenvalue weighted by atomic mass is 16.7. The number of methoxy groups -OCH3 is 6. The Bertz CT molecular complexity index is 2690. The lowest BCUT2D eigenvalue weighted by molar-refractivity contribution is -0.262. The van der Waals surface area contributed by atoms with Crippen molar-refractivity contribution in [3.8, 4) is 0 Å². The molecule has 0 radical (unpaired) electrons. The number of nitrogens with zero attached hydrogens (tertiary/aromatic N) is 10. The molecule has 11 heterocycles. The Hall–Kier alpha value is -5.26. The molecule has 7 N–H and O–H groups in total. The second kappa shape index (κ2) is 20.2. The number of ether oxygens (including phenoxy) is 10. The van der Waals surface area contributed by atoms with Crippen LogP contribution in [0.25, 0.3) is 33.5 Å². The van der Waals surface area contributed by atoms with E-state index in [1.165, 1.54) is 7.11 Å². The lowest BCUT2D eigenvalue weighted by Crippen LogP contribution is -2.59. The molecule has 376 valence electrons. The summed E-state index contributed by atoms with van der Waals surface area (Å²) in [7, 11) is 11.6. The Balaban J connectivity index is 0.000000139. The van der Waals surface area contributed by atoms with Crippen LogP contribution in [0.2, 0.25) is 0 Å². The van der Waals surface area contributed by atoms with Crippen molar-refractivity contribution in [2.45, 2.75) is 93.1 Å². The monoisotopic (exact) mass is 965 g/mol. The molecule has 69 heavy (non-hydrogen) atoms. The minimum atomic E-state index is -0.851. The van der Waals surface area contributed by atoms with E-state index in [2.05, 4.69) is 29.9 Å². The topological polar surface area (TPSA) is 295 Å². The number of nitrogens with two attached hydrogens (primary N) is 3. The highest BCUT2D eigenvalue weighted by Crippen LogP contribution is 2.51. The van der Waals surface area contributed by atoms with Crippen molar-refractivity contribution in [1.29, 1.82) is 0 Å². The zero-order chi connectivity index (χ0) is 48.1. The number of aliphatic hydroxyl groups excluding tert-OH is 1. The van der Waals surface area contributed by atoms with Crippen molar-refractivity contribution < 1.29 is 57.3 Å². The van der Waals surface area contributed by atoms with Gasteiger partial charge < -0.3 is 69.7 Å². The summed E-state index contributed by atoms with van der Waals surface area (Å²) in [5.74, 6) is 0. The Labute approximate surface area is 397 Å². The first-order valence-electron chi connectivity index (χ1n) is 21.9. The maximum absolute atomic E-state index is 10.4. The molecule has 4 bridgehead atoms. The van der Waals surface area contributed by atoms with Gasteiger partial charge in [0.15, 0.2) is 41.7 Å². The van der Waals surface area contributed by atoms with Crippen LogP contribution in [0, 0.1) is 0 Å². The Morgan fingerprint density at radius 3 is 1.64 bits per heavy atom. The lowest BCUT2D eigenvalue weighted by Gasteiger charge is -2.40. The van der Waals surface area contributed by atoms with Gasteiger partial charge >= 0.3 is 0 Å². The second-order valence-electron chi connectivity index (χ2n) is 17.2. The van der Waals surface area contributed by atoms with Gasteiger partial charge in [0, 0.05) is 68.3 Å². The molecule has 0 spiro atoms. The van der Waals surface area contributed by atoms with Gasteiger partial charge in [0.25, 0.3) is 0 Å². The molecule has 5 saturated heterocycles. The van der Waals surface area contributed by atoms with Crippen LogP contribution >= 0.6 is 0 Å². The molecular weight excluding hydrogens is 903 g/mol. The third-order valence-electron chi connectivity index (χ3n) is 13.2. The van der Waals surface area contributed by atoms with Crippen LogP contribution in [-0.4, -0.2) is 190 Å². The van der Waals surface area contributed by atoms with Crippen molar-refractivity contribution in [3.05, 3.63) is 55.8 Å². The number of likely N-dealkylation sites (N-methyl/N-ethyl adjacent to an activating group) is 1. The van der Waals surface area contributed by atoms with E-state index in [1.807, 2.05) is 23.1 Å². The molecule has 13 atom stereocenters. The molecule has 5 fully saturated rings. The van der Waals surface area contributed by atoms with Crippen molar-refractivity contribution >= 4 is 50.6 Å². The summed E-state index contributed by atoms with van der Waals surface area (Å²) in [4.78, 5) is 32.0. The van der Waals surface area contributed by atoms with Gasteiger partial charge in [0.05, 0.1) is 68.5 Å². The van der Waals surface area contributed by atoms with Crippen LogP contribution in [0.5, 0.6) is 0 Å². The van der Waals surface area contributed by atoms with Crippen LogP contribution in [0.15, 0.2) is 55.8 Å². The van der Waals surface area contributed by atoms with Crippen molar-refractivity contribution in [3.63, 3.8) is 0 Å². The fraction of sp³-hybridized carbons (Fsp3) is 0.591. The Kier molecular flexibility index (Phi) is 14.7. The number of aromatic nitrogens is 9. The summed E-state index contributed by atoms with van der Waals surface area (Å²) in [6, 6.07) is 5.13. The normalized spacial score (nSPS) is 32.6. The SMILES string of the molecule is C.COC[C@H]1O[C@@H](n2cnc3c(N)ccnc32)C(O)C1OC.COC[C@]12CN(C)OC(C1OC)[C@H](n1cnc3c(N)ccnc31)O2.COC[C@]12O[C@@H](n3cnc4c(N)ccnc43)C(OC1C)C2OC. The molecule has 5 aliphatic rings. The molecule has 11 rings (SSSR count). The molecule has 6 aromatic rings. The second-order valence-corrected chi connectivity index (χ2v) is 17.2. The van der Waals surface area contributed by atoms with Gasteiger partial charge in [-0.15, -0.1) is 0 Å². The Morgan fingerprint density at radius 2 is 1.16 bits per heavy atom. The molecule has 0 amide bonds. The number of hydroxylamine groups is 2. The summed E-state index contributed by atoms with van der Waals surface area (Å²) in [6.07, 6.45) is 5.46. The van der Waals surface area contributed by atoms with E-state index in [0.29, 0.717) is 76.9 Å². The predicted molar refractivity (Wildman–Crippen MR) is 248 cm³/mol. The number of hydrogen-bond donors (Lipinski definition) is 4. The highest BCUT2D eigenvalue weighted by molar-refractivity contribution is 5.85. The first kappa shape index (κ1) is 50.1. The number of anilines is 3. The zero-order valence-corrected chi connectivity index (χ0v) is 39.0. The van der Waals surface area contributed by atoms with Crippen LogP contribution in [-0.2, 0) is 52.2 Å². The van der Waals surface area contributed by atoms with Crippen molar-refractivity contribution in [2.24, 2.45) is 0 Å². The zero-order valence-electron chi connectivity index (χ0n) is 39.0. The number of aliphatic hydroxyl groups is 1. The maximum atomic E-state index is 10.4. The van der Waals surface area contributed by atoms with Gasteiger partial charge in [-0.1, -0.05) is 7.43 Å². The number of hydrogen-bond acceptors (Lipinski definition) is 22. The highest BCUT2D eigenvalue weighted by Gasteiger charge is 2.67. The van der Waals surface area contributed by atoms with E-state index in [1.54, 1.807) is 101 Å². The van der Waals surface area contributed by atoms with Crippen molar-refractivity contribution in [1.82, 2.24) is 48.7 Å². The van der Waals surface area contributed by atoms with E-state index in [-0.39, 0.29) is 50.3 Å². The van der Waals surface area contributed by atoms with E-state index >= 15 is 0 Å². The molecule has 6 aromatic heterocycles. The summed E-state index contributed by atoms with van der Waals surface area (Å²) < 4.78 is 62.7. The van der Waals surface area contributed by atoms with Gasteiger partial charge in [0.2, 0.25) is 0 Å². The van der Waals surface area contributed by atoms with Crippen LogP contribution in [0.1, 0.15) is 33.0 Å². The largest absolute Gasteiger partial charge is 0.397 e. The molecule has 25 nitrogen and oxygen atoms in total. The Morgan fingerprint density at radius 1 is 0.652 bits per heavy atom. The molecule has 0 saturated carbocycles. The minimum absolute atomic E-state index is 0. The van der Waals surface area contributed by atoms with E-state index in [9.17, 15) is 5.11 Å². The summed E-state index contributed by atoms with van der Waals surface area (Å²) in [5.41, 5.74) is 22.0. The average molecular weight is 966 g/mol. The molecule has 0 aromatic carbocycles. The summed E-state index contributed by atoms with van der Waals surface area (Å²) in [6.45, 7) is 3.63. The number of nitrogen functional groups attached to an aromatic ring is 3. The minimum Gasteiger partial charge on any atom is -0.397 e. The lowest BCUT2D eigenvalue weighted by atomic mass is 9.94. The number of fused-ring (bicyclic) bond motifs is 7. The van der Waals surface area contributed by atoms with E-state index < -0.39 is 35.9 Å². The van der Waals surface area contributed by atoms with Crippen LogP contribution in [0.4, 0.5) is 17.1 Å². The van der Waals surface area contributed by atoms with Gasteiger partial charge in [0.1, 0.15) is 64.4 Å². The van der Waals surface area contributed by atoms with Crippen molar-refractivity contribution in [2.75, 3.05) is 93.3 Å². The van der Waals surface area contributed by atoms with Crippen LogP contribution in [0.3, 0.4) is 0 Å². The third kappa shape index (κ3) is 8.43. The van der Waals surface area contributed by atoms with Gasteiger partial charge in [-0.05, 0) is 25.1 Å². The van der Waals surface area contributed by atoms with Gasteiger partial charge in [-0.25, -0.2) is 29.9 Å². The number of rotatable bonds is 12. The molecule has 5 aliphatic heterocycles. The average Bonchev–Trinajstić information content (AvgIpc) is 4.19. The fourth-order valence-corrected chi connectivity index (χ4v) is 10.2. The molecule has 0 aliphatic carbocycles. The quantitative estimate of drug-likeness (QED) is 0.135. The number of imidazole rings is 3. The maximum Gasteiger partial charge on any atom is 0.168 e. The predicted octanol–water partition coefficient (Wildman–Crippen LogP) is 1.49. The first-order chi connectivity index (χ1) is 32.9. The summed E-state index contributed by atoms with van der Waals surface area (Å²) >= 11 is 0. The third-order valence-corrected chi connectivity index (χ3v) is 13.2.